The molecule has 16 heavy (non-hydrogen) atoms. The number of hydrogen-bond donors (Lipinski definition) is 3. The predicted octanol–water partition coefficient (Wildman–Crippen LogP) is -2.03. The van der Waals surface area contributed by atoms with E-state index in [1.54, 1.807) is 0 Å². The lowest BCUT2D eigenvalue weighted by molar-refractivity contribution is -0.206. The zero-order valence-corrected chi connectivity index (χ0v) is 8.71. The van der Waals surface area contributed by atoms with Gasteiger partial charge in [0.1, 0.15) is 18.2 Å². The van der Waals surface area contributed by atoms with Crippen LogP contribution in [0.25, 0.3) is 0 Å². The van der Waals surface area contributed by atoms with Crippen molar-refractivity contribution in [2.24, 2.45) is 0 Å². The van der Waals surface area contributed by atoms with Gasteiger partial charge in [-0.05, 0) is 0 Å². The number of hydrogen-bond acceptors (Lipinski definition) is 5. The summed E-state index contributed by atoms with van der Waals surface area (Å²) in [6, 6.07) is -0.809. The molecule has 0 aliphatic carbocycles. The highest BCUT2D eigenvalue weighted by atomic mass is 16.7. The van der Waals surface area contributed by atoms with Crippen molar-refractivity contribution < 1.29 is 24.5 Å². The van der Waals surface area contributed by atoms with Crippen LogP contribution in [-0.4, -0.2) is 52.9 Å². The first-order valence-corrected chi connectivity index (χ1v) is 4.90. The van der Waals surface area contributed by atoms with Crippen LogP contribution >= 0.6 is 0 Å². The lowest BCUT2D eigenvalue weighted by Crippen LogP contribution is -2.64. The Kier molecular flexibility index (Phi) is 2.64. The van der Waals surface area contributed by atoms with E-state index in [-0.39, 0.29) is 12.5 Å². The van der Waals surface area contributed by atoms with Crippen molar-refractivity contribution in [1.82, 2.24) is 5.32 Å². The summed E-state index contributed by atoms with van der Waals surface area (Å²) in [5, 5.41) is 22.2. The third-order valence-corrected chi connectivity index (χ3v) is 2.87. The Morgan fingerprint density at radius 1 is 1.62 bits per heavy atom. The van der Waals surface area contributed by atoms with Crippen LogP contribution < -0.4 is 5.32 Å². The topological polar surface area (TPSA) is 88.0 Å². The van der Waals surface area contributed by atoms with Crippen molar-refractivity contribution in [1.29, 1.82) is 0 Å². The fourth-order valence-corrected chi connectivity index (χ4v) is 2.00. The molecule has 2 bridgehead atoms. The van der Waals surface area contributed by atoms with Gasteiger partial charge in [-0.3, -0.25) is 4.79 Å². The standard InChI is InChI=1S/C10H13NO5/c1-3-10-4-15-9(16-10)6(11-5(2)12)7(13)8(10)14/h1,6-9,13-14H,4H2,2H3,(H,11,12). The van der Waals surface area contributed by atoms with Crippen LogP contribution in [0.4, 0.5) is 0 Å². The molecule has 0 aromatic rings. The molecular weight excluding hydrogens is 214 g/mol. The molecule has 0 radical (unpaired) electrons. The zero-order valence-electron chi connectivity index (χ0n) is 8.71. The van der Waals surface area contributed by atoms with Gasteiger partial charge in [-0.15, -0.1) is 6.42 Å². The summed E-state index contributed by atoms with van der Waals surface area (Å²) in [5.74, 6) is 1.95. The Morgan fingerprint density at radius 3 is 2.88 bits per heavy atom. The van der Waals surface area contributed by atoms with Gasteiger partial charge in [0.2, 0.25) is 5.91 Å². The Bertz CT molecular complexity index is 352. The molecular formula is C10H13NO5. The Morgan fingerprint density at radius 2 is 2.31 bits per heavy atom. The molecule has 0 saturated carbocycles. The number of carbonyl (C=O) groups is 1. The summed E-state index contributed by atoms with van der Waals surface area (Å²) in [5.41, 5.74) is -1.31. The molecule has 2 aliphatic rings. The van der Waals surface area contributed by atoms with E-state index < -0.39 is 30.1 Å². The summed E-state index contributed by atoms with van der Waals surface area (Å²) in [6.45, 7) is 1.31. The highest BCUT2D eigenvalue weighted by molar-refractivity contribution is 5.73. The van der Waals surface area contributed by atoms with E-state index in [9.17, 15) is 15.0 Å². The number of fused-ring (bicyclic) bond motifs is 2. The van der Waals surface area contributed by atoms with Gasteiger partial charge in [-0.1, -0.05) is 5.92 Å². The van der Waals surface area contributed by atoms with E-state index in [4.69, 9.17) is 15.9 Å². The number of terminal acetylenes is 1. The van der Waals surface area contributed by atoms with Crippen molar-refractivity contribution in [3.8, 4) is 12.3 Å². The molecule has 2 fully saturated rings. The summed E-state index contributed by atoms with van der Waals surface area (Å²) in [4.78, 5) is 10.9. The molecule has 2 heterocycles. The van der Waals surface area contributed by atoms with Gasteiger partial charge >= 0.3 is 0 Å². The zero-order chi connectivity index (χ0) is 11.9. The SMILES string of the molecule is C#CC12COC(O1)C(NC(C)=O)C(O)C2O. The van der Waals surface area contributed by atoms with Crippen LogP contribution in [-0.2, 0) is 14.3 Å². The van der Waals surface area contributed by atoms with Gasteiger partial charge in [0.25, 0.3) is 0 Å². The van der Waals surface area contributed by atoms with Crippen molar-refractivity contribution in [3.63, 3.8) is 0 Å². The van der Waals surface area contributed by atoms with Crippen LogP contribution in [0.1, 0.15) is 6.92 Å². The molecule has 2 aliphatic heterocycles. The molecule has 0 aromatic carbocycles. The third kappa shape index (κ3) is 1.49. The number of rotatable bonds is 1. The average Bonchev–Trinajstić information content (AvgIpc) is 2.65. The van der Waals surface area contributed by atoms with E-state index in [2.05, 4.69) is 11.2 Å². The quantitative estimate of drug-likeness (QED) is 0.450. The number of ether oxygens (including phenoxy) is 2. The molecule has 6 nitrogen and oxygen atoms in total. The second-order valence-electron chi connectivity index (χ2n) is 3.99. The number of nitrogens with one attached hydrogen (secondary N) is 1. The van der Waals surface area contributed by atoms with Crippen LogP contribution in [0.5, 0.6) is 0 Å². The van der Waals surface area contributed by atoms with Gasteiger partial charge in [-0.2, -0.15) is 0 Å². The lowest BCUT2D eigenvalue weighted by atomic mass is 9.88. The van der Waals surface area contributed by atoms with Crippen LogP contribution in [0, 0.1) is 12.3 Å². The third-order valence-electron chi connectivity index (χ3n) is 2.87. The Labute approximate surface area is 92.5 Å². The van der Waals surface area contributed by atoms with Gasteiger partial charge in [-0.25, -0.2) is 0 Å². The highest BCUT2D eigenvalue weighted by Gasteiger charge is 2.58. The van der Waals surface area contributed by atoms with Gasteiger partial charge in [0.05, 0.1) is 6.61 Å². The van der Waals surface area contributed by atoms with Gasteiger partial charge in [0.15, 0.2) is 11.9 Å². The molecule has 3 N–H and O–H groups in total. The maximum Gasteiger partial charge on any atom is 0.217 e. The number of carbonyl (C=O) groups excluding carboxylic acids is 1. The molecule has 1 amide bonds. The number of aliphatic hydroxyl groups is 2. The second-order valence-corrected chi connectivity index (χ2v) is 3.99. The summed E-state index contributed by atoms with van der Waals surface area (Å²) in [7, 11) is 0. The van der Waals surface area contributed by atoms with Crippen molar-refractivity contribution in [2.75, 3.05) is 6.61 Å². The van der Waals surface area contributed by atoms with Crippen molar-refractivity contribution in [3.05, 3.63) is 0 Å². The summed E-state index contributed by atoms with van der Waals surface area (Å²) >= 11 is 0. The molecule has 2 rings (SSSR count). The first-order chi connectivity index (χ1) is 7.50. The van der Waals surface area contributed by atoms with Gasteiger partial charge < -0.3 is 25.0 Å². The largest absolute Gasteiger partial charge is 0.388 e. The smallest absolute Gasteiger partial charge is 0.217 e. The maximum absolute atomic E-state index is 10.9. The van der Waals surface area contributed by atoms with E-state index in [0.717, 1.165) is 0 Å². The lowest BCUT2D eigenvalue weighted by Gasteiger charge is -2.40. The summed E-state index contributed by atoms with van der Waals surface area (Å²) < 4.78 is 10.6. The molecule has 2 saturated heterocycles. The van der Waals surface area contributed by atoms with E-state index in [1.807, 2.05) is 0 Å². The molecule has 6 heteroatoms. The van der Waals surface area contributed by atoms with E-state index >= 15 is 0 Å². The van der Waals surface area contributed by atoms with Crippen LogP contribution in [0.2, 0.25) is 0 Å². The average molecular weight is 227 g/mol. The van der Waals surface area contributed by atoms with E-state index in [1.165, 1.54) is 6.92 Å². The van der Waals surface area contributed by atoms with E-state index in [0.29, 0.717) is 0 Å². The van der Waals surface area contributed by atoms with Crippen LogP contribution in [0.15, 0.2) is 0 Å². The Balaban J connectivity index is 2.23. The Hall–Kier alpha value is -1.13. The first-order valence-electron chi connectivity index (χ1n) is 4.90. The fourth-order valence-electron chi connectivity index (χ4n) is 2.00. The predicted molar refractivity (Wildman–Crippen MR) is 52.0 cm³/mol. The van der Waals surface area contributed by atoms with Gasteiger partial charge in [0, 0.05) is 6.92 Å². The normalized spacial score (nSPS) is 46.1. The molecule has 88 valence electrons. The highest BCUT2D eigenvalue weighted by Crippen LogP contribution is 2.36. The number of aliphatic hydroxyl groups excluding tert-OH is 2. The summed E-state index contributed by atoms with van der Waals surface area (Å²) in [6.07, 6.45) is 1.95. The van der Waals surface area contributed by atoms with Crippen molar-refractivity contribution >= 4 is 5.91 Å². The molecule has 0 spiro atoms. The van der Waals surface area contributed by atoms with Crippen LogP contribution in [0.3, 0.4) is 0 Å². The minimum absolute atomic E-state index is 0.00246. The monoisotopic (exact) mass is 227 g/mol. The minimum Gasteiger partial charge on any atom is -0.388 e. The second kappa shape index (κ2) is 3.71. The number of amides is 1. The molecule has 5 unspecified atom stereocenters. The first kappa shape index (κ1) is 11.4. The van der Waals surface area contributed by atoms with Crippen molar-refractivity contribution in [2.45, 2.75) is 37.1 Å². The molecule has 0 aromatic heterocycles. The maximum atomic E-state index is 10.9. The minimum atomic E-state index is -1.31. The fraction of sp³-hybridized carbons (Fsp3) is 0.700. The molecule has 5 atom stereocenters.